The van der Waals surface area contributed by atoms with Crippen LogP contribution in [0.5, 0.6) is 0 Å². The van der Waals surface area contributed by atoms with Gasteiger partial charge in [0.15, 0.2) is 0 Å². The molecule has 0 bridgehead atoms. The third-order valence-corrected chi connectivity index (χ3v) is 2.40. The number of anilines is 1. The van der Waals surface area contributed by atoms with Crippen LogP contribution in [0.1, 0.15) is 5.56 Å². The molecular formula is C12H8ClN3. The van der Waals surface area contributed by atoms with Gasteiger partial charge in [0.2, 0.25) is 0 Å². The monoisotopic (exact) mass is 229 g/mol. The van der Waals surface area contributed by atoms with Crippen molar-refractivity contribution < 1.29 is 0 Å². The fraction of sp³-hybridized carbons (Fsp3) is 0. The number of hydrogen-bond acceptors (Lipinski definition) is 3. The van der Waals surface area contributed by atoms with Gasteiger partial charge in [-0.3, -0.25) is 0 Å². The lowest BCUT2D eigenvalue weighted by Crippen LogP contribution is -1.96. The summed E-state index contributed by atoms with van der Waals surface area (Å²) in [5, 5.41) is 9.37. The summed E-state index contributed by atoms with van der Waals surface area (Å²) in [6, 6.07) is 12.7. The highest BCUT2D eigenvalue weighted by Gasteiger charge is 2.04. The molecule has 0 amide bonds. The van der Waals surface area contributed by atoms with Crippen LogP contribution in [-0.2, 0) is 0 Å². The van der Waals surface area contributed by atoms with E-state index in [1.54, 1.807) is 24.3 Å². The van der Waals surface area contributed by atoms with Crippen LogP contribution in [0.25, 0.3) is 11.3 Å². The second-order valence-electron chi connectivity index (χ2n) is 3.25. The summed E-state index contributed by atoms with van der Waals surface area (Å²) in [4.78, 5) is 4.15. The van der Waals surface area contributed by atoms with Crippen molar-refractivity contribution in [3.8, 4) is 17.3 Å². The minimum atomic E-state index is 0.236. The molecule has 0 aliphatic carbocycles. The van der Waals surface area contributed by atoms with Crippen LogP contribution in [-0.4, -0.2) is 4.98 Å². The van der Waals surface area contributed by atoms with E-state index in [2.05, 4.69) is 4.98 Å². The number of hydrogen-bond donors (Lipinski definition) is 1. The van der Waals surface area contributed by atoms with Crippen LogP contribution >= 0.6 is 11.6 Å². The predicted molar refractivity (Wildman–Crippen MR) is 63.8 cm³/mol. The van der Waals surface area contributed by atoms with E-state index in [0.29, 0.717) is 16.3 Å². The zero-order valence-corrected chi connectivity index (χ0v) is 9.07. The molecule has 1 aromatic carbocycles. The zero-order chi connectivity index (χ0) is 11.5. The van der Waals surface area contributed by atoms with Crippen LogP contribution in [0, 0.1) is 11.3 Å². The number of aromatic nitrogens is 1. The summed E-state index contributed by atoms with van der Waals surface area (Å²) in [5.74, 6) is 0.236. The van der Waals surface area contributed by atoms with Crippen molar-refractivity contribution in [3.63, 3.8) is 0 Å². The van der Waals surface area contributed by atoms with Gasteiger partial charge in [0, 0.05) is 10.6 Å². The number of nitrogen functional groups attached to an aromatic ring is 1. The number of pyridine rings is 1. The molecule has 78 valence electrons. The largest absolute Gasteiger partial charge is 0.383 e. The van der Waals surface area contributed by atoms with E-state index in [-0.39, 0.29) is 5.82 Å². The molecule has 0 saturated heterocycles. The standard InChI is InChI=1S/C12H8ClN3/c13-10-3-1-2-8(6-10)11-5-4-9(7-14)12(15)16-11/h1-6H,(H2,15,16). The van der Waals surface area contributed by atoms with Gasteiger partial charge >= 0.3 is 0 Å². The molecule has 0 radical (unpaired) electrons. The zero-order valence-electron chi connectivity index (χ0n) is 8.31. The van der Waals surface area contributed by atoms with Gasteiger partial charge in [0.25, 0.3) is 0 Å². The van der Waals surface area contributed by atoms with Gasteiger partial charge in [-0.05, 0) is 24.3 Å². The van der Waals surface area contributed by atoms with Crippen molar-refractivity contribution in [2.45, 2.75) is 0 Å². The van der Waals surface area contributed by atoms with Gasteiger partial charge < -0.3 is 5.73 Å². The number of nitrogens with two attached hydrogens (primary N) is 1. The van der Waals surface area contributed by atoms with Crippen LogP contribution in [0.4, 0.5) is 5.82 Å². The highest BCUT2D eigenvalue weighted by molar-refractivity contribution is 6.30. The van der Waals surface area contributed by atoms with Crippen molar-refractivity contribution in [3.05, 3.63) is 47.0 Å². The maximum atomic E-state index is 8.73. The van der Waals surface area contributed by atoms with Crippen molar-refractivity contribution in [2.24, 2.45) is 0 Å². The number of rotatable bonds is 1. The van der Waals surface area contributed by atoms with Gasteiger partial charge in [-0.1, -0.05) is 23.7 Å². The van der Waals surface area contributed by atoms with E-state index in [1.807, 2.05) is 18.2 Å². The minimum Gasteiger partial charge on any atom is -0.383 e. The van der Waals surface area contributed by atoms with E-state index in [4.69, 9.17) is 22.6 Å². The molecule has 1 aromatic heterocycles. The summed E-state index contributed by atoms with van der Waals surface area (Å²) in [6.45, 7) is 0. The molecule has 0 unspecified atom stereocenters. The Balaban J connectivity index is 2.50. The van der Waals surface area contributed by atoms with E-state index in [0.717, 1.165) is 5.56 Å². The first-order valence-electron chi connectivity index (χ1n) is 4.63. The van der Waals surface area contributed by atoms with Crippen LogP contribution in [0.3, 0.4) is 0 Å². The number of halogens is 1. The summed E-state index contributed by atoms with van der Waals surface area (Å²) in [6.07, 6.45) is 0. The Labute approximate surface area is 98.1 Å². The lowest BCUT2D eigenvalue weighted by molar-refractivity contribution is 1.31. The Morgan fingerprint density at radius 1 is 1.25 bits per heavy atom. The summed E-state index contributed by atoms with van der Waals surface area (Å²) < 4.78 is 0. The van der Waals surface area contributed by atoms with E-state index < -0.39 is 0 Å². The van der Waals surface area contributed by atoms with Crippen molar-refractivity contribution in [2.75, 3.05) is 5.73 Å². The van der Waals surface area contributed by atoms with Crippen LogP contribution < -0.4 is 5.73 Å². The Bertz CT molecular complexity index is 573. The number of nitriles is 1. The molecule has 3 nitrogen and oxygen atoms in total. The first-order chi connectivity index (χ1) is 7.70. The fourth-order valence-electron chi connectivity index (χ4n) is 1.38. The highest BCUT2D eigenvalue weighted by atomic mass is 35.5. The molecule has 0 fully saturated rings. The van der Waals surface area contributed by atoms with Crippen LogP contribution in [0.15, 0.2) is 36.4 Å². The Kier molecular flexibility index (Phi) is 2.76. The van der Waals surface area contributed by atoms with E-state index in [1.165, 1.54) is 0 Å². The third kappa shape index (κ3) is 1.97. The molecule has 0 spiro atoms. The maximum absolute atomic E-state index is 8.73. The lowest BCUT2D eigenvalue weighted by atomic mass is 10.1. The normalized spacial score (nSPS) is 9.75. The number of benzene rings is 1. The first kappa shape index (κ1) is 10.5. The molecule has 2 N–H and O–H groups in total. The molecule has 16 heavy (non-hydrogen) atoms. The fourth-order valence-corrected chi connectivity index (χ4v) is 1.57. The first-order valence-corrected chi connectivity index (χ1v) is 5.01. The summed E-state index contributed by atoms with van der Waals surface area (Å²) in [5.41, 5.74) is 7.61. The van der Waals surface area contributed by atoms with Gasteiger partial charge in [-0.15, -0.1) is 0 Å². The Morgan fingerprint density at radius 2 is 2.06 bits per heavy atom. The third-order valence-electron chi connectivity index (χ3n) is 2.17. The molecule has 0 atom stereocenters. The lowest BCUT2D eigenvalue weighted by Gasteiger charge is -2.03. The van der Waals surface area contributed by atoms with Gasteiger partial charge in [0.05, 0.1) is 11.3 Å². The van der Waals surface area contributed by atoms with E-state index >= 15 is 0 Å². The second-order valence-corrected chi connectivity index (χ2v) is 3.69. The average molecular weight is 230 g/mol. The van der Waals surface area contributed by atoms with E-state index in [9.17, 15) is 0 Å². The average Bonchev–Trinajstić information content (AvgIpc) is 2.29. The number of nitrogens with zero attached hydrogens (tertiary/aromatic N) is 2. The maximum Gasteiger partial charge on any atom is 0.142 e. The molecule has 0 aliphatic heterocycles. The smallest absolute Gasteiger partial charge is 0.142 e. The highest BCUT2D eigenvalue weighted by Crippen LogP contribution is 2.22. The van der Waals surface area contributed by atoms with Crippen molar-refractivity contribution in [1.29, 1.82) is 5.26 Å². The topological polar surface area (TPSA) is 62.7 Å². The minimum absolute atomic E-state index is 0.236. The quantitative estimate of drug-likeness (QED) is 0.818. The molecular weight excluding hydrogens is 222 g/mol. The molecule has 4 heteroatoms. The van der Waals surface area contributed by atoms with Crippen LogP contribution in [0.2, 0.25) is 5.02 Å². The van der Waals surface area contributed by atoms with Crippen molar-refractivity contribution in [1.82, 2.24) is 4.98 Å². The van der Waals surface area contributed by atoms with Gasteiger partial charge in [-0.25, -0.2) is 4.98 Å². The second kappa shape index (κ2) is 4.21. The molecule has 2 aromatic rings. The Hall–Kier alpha value is -2.05. The molecule has 0 aliphatic rings. The summed E-state index contributed by atoms with van der Waals surface area (Å²) in [7, 11) is 0. The SMILES string of the molecule is N#Cc1ccc(-c2cccc(Cl)c2)nc1N. The Morgan fingerprint density at radius 3 is 2.69 bits per heavy atom. The van der Waals surface area contributed by atoms with Gasteiger partial charge in [-0.2, -0.15) is 5.26 Å². The van der Waals surface area contributed by atoms with Crippen molar-refractivity contribution >= 4 is 17.4 Å². The summed E-state index contributed by atoms with van der Waals surface area (Å²) >= 11 is 5.88. The molecule has 2 rings (SSSR count). The predicted octanol–water partition coefficient (Wildman–Crippen LogP) is 2.86. The molecule has 1 heterocycles. The molecule has 0 saturated carbocycles. The van der Waals surface area contributed by atoms with Gasteiger partial charge in [0.1, 0.15) is 11.9 Å².